The van der Waals surface area contributed by atoms with Crippen LogP contribution in [0, 0.1) is 0 Å². The third kappa shape index (κ3) is 3.50. The van der Waals surface area contributed by atoms with Gasteiger partial charge in [-0.15, -0.1) is 11.3 Å². The molecule has 98 valence electrons. The van der Waals surface area contributed by atoms with Gasteiger partial charge < -0.3 is 5.73 Å². The van der Waals surface area contributed by atoms with Crippen LogP contribution in [0.2, 0.25) is 0 Å². The first-order valence-electron chi connectivity index (χ1n) is 5.34. The first-order chi connectivity index (χ1) is 8.35. The minimum Gasteiger partial charge on any atom is -0.322 e. The summed E-state index contributed by atoms with van der Waals surface area (Å²) in [7, 11) is -2.97. The van der Waals surface area contributed by atoms with Crippen LogP contribution in [0.3, 0.4) is 0 Å². The van der Waals surface area contributed by atoms with Gasteiger partial charge in [-0.25, -0.2) is 13.4 Å². The fraction of sp³-hybridized carbons (Fsp3) is 0.364. The lowest BCUT2D eigenvalue weighted by molar-refractivity contribution is 0.591. The second-order valence-electron chi connectivity index (χ2n) is 4.19. The highest BCUT2D eigenvalue weighted by atomic mass is 79.9. The van der Waals surface area contributed by atoms with E-state index in [2.05, 4.69) is 20.9 Å². The highest BCUT2D eigenvalue weighted by molar-refractivity contribution is 9.10. The number of hydrogen-bond donors (Lipinski definition) is 1. The van der Waals surface area contributed by atoms with E-state index in [4.69, 9.17) is 5.73 Å². The van der Waals surface area contributed by atoms with E-state index in [0.29, 0.717) is 6.42 Å². The number of rotatable bonds is 4. The number of nitrogens with zero attached hydrogens (tertiary/aromatic N) is 1. The van der Waals surface area contributed by atoms with Gasteiger partial charge in [-0.3, -0.25) is 0 Å². The first kappa shape index (κ1) is 13.9. The summed E-state index contributed by atoms with van der Waals surface area (Å²) in [6.07, 6.45) is 1.62. The van der Waals surface area contributed by atoms with Crippen molar-refractivity contribution in [3.63, 3.8) is 0 Å². The van der Waals surface area contributed by atoms with Gasteiger partial charge in [0.1, 0.15) is 14.8 Å². The van der Waals surface area contributed by atoms with Gasteiger partial charge >= 0.3 is 0 Å². The van der Waals surface area contributed by atoms with E-state index in [1.807, 2.05) is 18.2 Å². The molecule has 1 aromatic carbocycles. The van der Waals surface area contributed by atoms with Crippen LogP contribution >= 0.6 is 27.3 Å². The average molecular weight is 349 g/mol. The maximum absolute atomic E-state index is 11.1. The molecule has 0 aliphatic heterocycles. The van der Waals surface area contributed by atoms with E-state index in [9.17, 15) is 8.42 Å². The summed E-state index contributed by atoms with van der Waals surface area (Å²) >= 11 is 4.90. The van der Waals surface area contributed by atoms with Crippen molar-refractivity contribution < 1.29 is 8.42 Å². The van der Waals surface area contributed by atoms with Crippen molar-refractivity contribution in [2.45, 2.75) is 12.5 Å². The molecule has 0 saturated heterocycles. The summed E-state index contributed by atoms with van der Waals surface area (Å²) in [6.45, 7) is 0. The molecule has 0 bridgehead atoms. The smallest absolute Gasteiger partial charge is 0.147 e. The van der Waals surface area contributed by atoms with Crippen LogP contribution in [0.15, 0.2) is 22.7 Å². The highest BCUT2D eigenvalue weighted by Gasteiger charge is 2.14. The van der Waals surface area contributed by atoms with E-state index in [1.165, 1.54) is 17.6 Å². The molecule has 1 atom stereocenters. The predicted molar refractivity (Wildman–Crippen MR) is 78.6 cm³/mol. The summed E-state index contributed by atoms with van der Waals surface area (Å²) in [4.78, 5) is 4.44. The Morgan fingerprint density at radius 1 is 1.50 bits per heavy atom. The molecule has 0 saturated carbocycles. The number of aromatic nitrogens is 1. The maximum Gasteiger partial charge on any atom is 0.147 e. The number of thiazole rings is 1. The molecule has 1 unspecified atom stereocenters. The molecule has 4 nitrogen and oxygen atoms in total. The van der Waals surface area contributed by atoms with Crippen LogP contribution in [0.5, 0.6) is 0 Å². The van der Waals surface area contributed by atoms with Gasteiger partial charge in [0.2, 0.25) is 0 Å². The number of halogens is 1. The van der Waals surface area contributed by atoms with Gasteiger partial charge in [-0.2, -0.15) is 0 Å². The summed E-state index contributed by atoms with van der Waals surface area (Å²) in [5.74, 6) is 0.0911. The van der Waals surface area contributed by atoms with Gasteiger partial charge in [-0.05, 0) is 24.6 Å². The normalized spacial score (nSPS) is 13.9. The summed E-state index contributed by atoms with van der Waals surface area (Å²) in [5.41, 5.74) is 6.86. The molecular formula is C11H13BrN2O2S2. The Morgan fingerprint density at radius 3 is 2.89 bits per heavy atom. The van der Waals surface area contributed by atoms with Gasteiger partial charge in [-0.1, -0.05) is 15.9 Å². The van der Waals surface area contributed by atoms with Gasteiger partial charge in [0.05, 0.1) is 22.0 Å². The minimum atomic E-state index is -2.97. The molecule has 0 spiro atoms. The topological polar surface area (TPSA) is 73.0 Å². The molecule has 18 heavy (non-hydrogen) atoms. The van der Waals surface area contributed by atoms with E-state index in [0.717, 1.165) is 19.7 Å². The monoisotopic (exact) mass is 348 g/mol. The highest BCUT2D eigenvalue weighted by Crippen LogP contribution is 2.28. The fourth-order valence-corrected chi connectivity index (χ4v) is 3.56. The zero-order valence-electron chi connectivity index (χ0n) is 9.76. The molecule has 1 aromatic heterocycles. The van der Waals surface area contributed by atoms with E-state index >= 15 is 0 Å². The van der Waals surface area contributed by atoms with Crippen molar-refractivity contribution in [2.24, 2.45) is 5.73 Å². The van der Waals surface area contributed by atoms with Crippen molar-refractivity contribution >= 4 is 47.3 Å². The van der Waals surface area contributed by atoms with Crippen LogP contribution in [0.4, 0.5) is 0 Å². The van der Waals surface area contributed by atoms with E-state index < -0.39 is 9.84 Å². The largest absolute Gasteiger partial charge is 0.322 e. The number of benzene rings is 1. The third-order valence-corrected chi connectivity index (χ3v) is 5.12. The zero-order chi connectivity index (χ0) is 13.3. The molecule has 2 aromatic rings. The quantitative estimate of drug-likeness (QED) is 0.920. The van der Waals surface area contributed by atoms with E-state index in [-0.39, 0.29) is 11.8 Å². The Morgan fingerprint density at radius 2 is 2.22 bits per heavy atom. The SMILES string of the molecule is CS(=O)(=O)CCC(N)c1nc2cc(Br)ccc2s1. The lowest BCUT2D eigenvalue weighted by Gasteiger charge is -2.06. The van der Waals surface area contributed by atoms with Crippen LogP contribution < -0.4 is 5.73 Å². The molecule has 0 aliphatic carbocycles. The van der Waals surface area contributed by atoms with Crippen LogP contribution in [0.25, 0.3) is 10.2 Å². The molecule has 0 amide bonds. The second-order valence-corrected chi connectivity index (χ2v) is 8.43. The van der Waals surface area contributed by atoms with Crippen LogP contribution in [-0.2, 0) is 9.84 Å². The number of hydrogen-bond acceptors (Lipinski definition) is 5. The van der Waals surface area contributed by atoms with Gasteiger partial charge in [0.25, 0.3) is 0 Å². The van der Waals surface area contributed by atoms with Gasteiger partial charge in [0.15, 0.2) is 0 Å². The number of fused-ring (bicyclic) bond motifs is 1. The first-order valence-corrected chi connectivity index (χ1v) is 9.01. The number of sulfone groups is 1. The summed E-state index contributed by atoms with van der Waals surface area (Å²) < 4.78 is 24.2. The lowest BCUT2D eigenvalue weighted by atomic mass is 10.2. The Hall–Kier alpha value is -0.500. The lowest BCUT2D eigenvalue weighted by Crippen LogP contribution is -2.15. The van der Waals surface area contributed by atoms with Crippen molar-refractivity contribution in [2.75, 3.05) is 12.0 Å². The maximum atomic E-state index is 11.1. The van der Waals surface area contributed by atoms with Crippen molar-refractivity contribution in [1.82, 2.24) is 4.98 Å². The molecule has 7 heteroatoms. The van der Waals surface area contributed by atoms with Crippen LogP contribution in [0.1, 0.15) is 17.5 Å². The Bertz CT molecular complexity index is 667. The van der Waals surface area contributed by atoms with Gasteiger partial charge in [0, 0.05) is 10.7 Å². The van der Waals surface area contributed by atoms with Crippen LogP contribution in [-0.4, -0.2) is 25.4 Å². The summed E-state index contributed by atoms with van der Waals surface area (Å²) in [5, 5.41) is 0.784. The average Bonchev–Trinajstić information content (AvgIpc) is 2.67. The third-order valence-electron chi connectivity index (χ3n) is 2.48. The molecular weight excluding hydrogens is 336 g/mol. The zero-order valence-corrected chi connectivity index (χ0v) is 13.0. The second kappa shape index (κ2) is 5.24. The number of nitrogens with two attached hydrogens (primary N) is 1. The molecule has 0 radical (unpaired) electrons. The molecule has 1 heterocycles. The standard InChI is InChI=1S/C11H13BrN2O2S2/c1-18(15,16)5-4-8(13)11-14-9-6-7(12)2-3-10(9)17-11/h2-3,6,8H,4-5,13H2,1H3. The fourth-order valence-electron chi connectivity index (χ4n) is 1.54. The minimum absolute atomic E-state index is 0.0911. The molecule has 2 rings (SSSR count). The Balaban J connectivity index is 2.20. The Labute approximate surface area is 118 Å². The van der Waals surface area contributed by atoms with Crippen molar-refractivity contribution in [1.29, 1.82) is 0 Å². The van der Waals surface area contributed by atoms with Crippen molar-refractivity contribution in [3.8, 4) is 0 Å². The Kier molecular flexibility index (Phi) is 4.05. The van der Waals surface area contributed by atoms with Crippen molar-refractivity contribution in [3.05, 3.63) is 27.7 Å². The molecule has 0 aliphatic rings. The molecule has 2 N–H and O–H groups in total. The summed E-state index contributed by atoms with van der Waals surface area (Å²) in [6, 6.07) is 5.53. The predicted octanol–water partition coefficient (Wildman–Crippen LogP) is 2.49. The molecule has 0 fully saturated rings. The van der Waals surface area contributed by atoms with E-state index in [1.54, 1.807) is 0 Å².